The standard InChI is InChI=1S/C18H19F3N2O2.ClH/c19-18(20,21)12-25-16-8-4-2-6-14(16)11-23-17(24)10-9-13-5-1-3-7-15(13)22;/h1-8H,9-12,22H2,(H,23,24);1H. The quantitative estimate of drug-likeness (QED) is 0.707. The van der Waals surface area contributed by atoms with E-state index in [9.17, 15) is 18.0 Å². The van der Waals surface area contributed by atoms with Crippen LogP contribution in [0.4, 0.5) is 18.9 Å². The number of rotatable bonds is 7. The Bertz CT molecular complexity index is 724. The maximum atomic E-state index is 12.3. The second-order valence-corrected chi connectivity index (χ2v) is 5.49. The van der Waals surface area contributed by atoms with Gasteiger partial charge in [0.1, 0.15) is 5.75 Å². The number of nitrogens with one attached hydrogen (secondary N) is 1. The zero-order valence-electron chi connectivity index (χ0n) is 13.9. The molecule has 142 valence electrons. The number of hydrogen-bond donors (Lipinski definition) is 2. The fourth-order valence-corrected chi connectivity index (χ4v) is 2.24. The first-order valence-electron chi connectivity index (χ1n) is 7.73. The molecule has 0 bridgehead atoms. The number of benzene rings is 2. The first kappa shape index (κ1) is 21.6. The Morgan fingerprint density at radius 2 is 1.65 bits per heavy atom. The maximum absolute atomic E-state index is 12.3. The van der Waals surface area contributed by atoms with Crippen LogP contribution in [0.15, 0.2) is 48.5 Å². The molecule has 4 nitrogen and oxygen atoms in total. The van der Waals surface area contributed by atoms with Gasteiger partial charge < -0.3 is 15.8 Å². The molecule has 0 saturated carbocycles. The lowest BCUT2D eigenvalue weighted by Crippen LogP contribution is -2.24. The summed E-state index contributed by atoms with van der Waals surface area (Å²) >= 11 is 0. The van der Waals surface area contributed by atoms with Gasteiger partial charge in [0, 0.05) is 24.2 Å². The number of alkyl halides is 3. The van der Waals surface area contributed by atoms with E-state index >= 15 is 0 Å². The minimum atomic E-state index is -4.41. The molecule has 0 aliphatic heterocycles. The number of halogens is 4. The molecular formula is C18H20ClF3N2O2. The summed E-state index contributed by atoms with van der Waals surface area (Å²) in [5.41, 5.74) is 7.81. The summed E-state index contributed by atoms with van der Waals surface area (Å²) in [5, 5.41) is 2.69. The zero-order valence-corrected chi connectivity index (χ0v) is 14.7. The predicted octanol–water partition coefficient (Wildman–Crippen LogP) is 3.88. The largest absolute Gasteiger partial charge is 0.484 e. The number of carbonyl (C=O) groups is 1. The highest BCUT2D eigenvalue weighted by atomic mass is 35.5. The molecule has 2 rings (SSSR count). The summed E-state index contributed by atoms with van der Waals surface area (Å²) in [6.07, 6.45) is -3.68. The van der Waals surface area contributed by atoms with Crippen LogP contribution < -0.4 is 15.8 Å². The van der Waals surface area contributed by atoms with Crippen molar-refractivity contribution in [3.8, 4) is 5.75 Å². The van der Waals surface area contributed by atoms with Gasteiger partial charge in [0.15, 0.2) is 6.61 Å². The molecule has 0 aliphatic carbocycles. The summed E-state index contributed by atoms with van der Waals surface area (Å²) in [4.78, 5) is 12.0. The van der Waals surface area contributed by atoms with E-state index in [2.05, 4.69) is 5.32 Å². The fourth-order valence-electron chi connectivity index (χ4n) is 2.24. The van der Waals surface area contributed by atoms with Gasteiger partial charge in [0.25, 0.3) is 0 Å². The number of aryl methyl sites for hydroxylation is 1. The fraction of sp³-hybridized carbons (Fsp3) is 0.278. The molecule has 0 unspecified atom stereocenters. The van der Waals surface area contributed by atoms with Gasteiger partial charge in [-0.3, -0.25) is 4.79 Å². The molecular weight excluding hydrogens is 369 g/mol. The molecule has 0 atom stereocenters. The third-order valence-electron chi connectivity index (χ3n) is 3.52. The summed E-state index contributed by atoms with van der Waals surface area (Å²) in [6.45, 7) is -1.28. The van der Waals surface area contributed by atoms with E-state index in [-0.39, 0.29) is 37.0 Å². The highest BCUT2D eigenvalue weighted by Crippen LogP contribution is 2.22. The van der Waals surface area contributed by atoms with Gasteiger partial charge in [0.05, 0.1) is 0 Å². The third kappa shape index (κ3) is 7.23. The number of para-hydroxylation sites is 2. The number of anilines is 1. The van der Waals surface area contributed by atoms with E-state index in [4.69, 9.17) is 10.5 Å². The van der Waals surface area contributed by atoms with Crippen molar-refractivity contribution in [2.45, 2.75) is 25.6 Å². The minimum Gasteiger partial charge on any atom is -0.484 e. The molecule has 0 fully saturated rings. The topological polar surface area (TPSA) is 64.4 Å². The van der Waals surface area contributed by atoms with Crippen molar-refractivity contribution in [2.75, 3.05) is 12.3 Å². The van der Waals surface area contributed by atoms with Crippen molar-refractivity contribution in [3.05, 3.63) is 59.7 Å². The summed E-state index contributed by atoms with van der Waals surface area (Å²) in [6, 6.07) is 13.6. The average molecular weight is 389 g/mol. The molecule has 0 spiro atoms. The van der Waals surface area contributed by atoms with Crippen molar-refractivity contribution in [2.24, 2.45) is 0 Å². The van der Waals surface area contributed by atoms with Crippen molar-refractivity contribution < 1.29 is 22.7 Å². The Hall–Kier alpha value is -2.41. The van der Waals surface area contributed by atoms with Crippen LogP contribution in [0.2, 0.25) is 0 Å². The average Bonchev–Trinajstić information content (AvgIpc) is 2.57. The second-order valence-electron chi connectivity index (χ2n) is 5.49. The normalized spacial score (nSPS) is 10.7. The number of nitrogens with two attached hydrogens (primary N) is 1. The summed E-state index contributed by atoms with van der Waals surface area (Å²) in [5.74, 6) is -0.110. The van der Waals surface area contributed by atoms with Crippen LogP contribution in [0.3, 0.4) is 0 Å². The molecule has 1 amide bonds. The Labute approximate surface area is 155 Å². The number of amides is 1. The molecule has 8 heteroatoms. The lowest BCUT2D eigenvalue weighted by molar-refractivity contribution is -0.153. The first-order valence-corrected chi connectivity index (χ1v) is 7.73. The minimum absolute atomic E-state index is 0. The van der Waals surface area contributed by atoms with Crippen LogP contribution in [0.1, 0.15) is 17.5 Å². The lowest BCUT2D eigenvalue weighted by Gasteiger charge is -2.13. The highest BCUT2D eigenvalue weighted by molar-refractivity contribution is 5.85. The van der Waals surface area contributed by atoms with Crippen molar-refractivity contribution in [1.29, 1.82) is 0 Å². The SMILES string of the molecule is Cl.Nc1ccccc1CCC(=O)NCc1ccccc1OCC(F)(F)F. The molecule has 0 saturated heterocycles. The molecule has 26 heavy (non-hydrogen) atoms. The van der Waals surface area contributed by atoms with Crippen LogP contribution >= 0.6 is 12.4 Å². The van der Waals surface area contributed by atoms with Crippen LogP contribution in [0.25, 0.3) is 0 Å². The number of ether oxygens (including phenoxy) is 1. The van der Waals surface area contributed by atoms with Crippen molar-refractivity contribution in [1.82, 2.24) is 5.32 Å². The first-order chi connectivity index (χ1) is 11.8. The monoisotopic (exact) mass is 388 g/mol. The Morgan fingerprint density at radius 3 is 2.31 bits per heavy atom. The van der Waals surface area contributed by atoms with E-state index in [0.717, 1.165) is 5.56 Å². The van der Waals surface area contributed by atoms with Crippen molar-refractivity contribution in [3.63, 3.8) is 0 Å². The molecule has 0 radical (unpaired) electrons. The second kappa shape index (κ2) is 9.91. The summed E-state index contributed by atoms with van der Waals surface area (Å²) in [7, 11) is 0. The highest BCUT2D eigenvalue weighted by Gasteiger charge is 2.28. The number of nitrogen functional groups attached to an aromatic ring is 1. The van der Waals surface area contributed by atoms with Crippen molar-refractivity contribution >= 4 is 24.0 Å². The number of carbonyl (C=O) groups excluding carboxylic acids is 1. The Kier molecular flexibility index (Phi) is 8.25. The molecule has 0 aliphatic rings. The molecule has 2 aromatic carbocycles. The van der Waals surface area contributed by atoms with Crippen LogP contribution in [0, 0.1) is 0 Å². The maximum Gasteiger partial charge on any atom is 0.422 e. The zero-order chi connectivity index (χ0) is 18.3. The summed E-state index contributed by atoms with van der Waals surface area (Å²) < 4.78 is 41.6. The van der Waals surface area contributed by atoms with Crippen LogP contribution in [0.5, 0.6) is 5.75 Å². The lowest BCUT2D eigenvalue weighted by atomic mass is 10.1. The van der Waals surface area contributed by atoms with E-state index in [1.165, 1.54) is 6.07 Å². The van der Waals surface area contributed by atoms with Gasteiger partial charge in [-0.15, -0.1) is 12.4 Å². The van der Waals surface area contributed by atoms with E-state index < -0.39 is 12.8 Å². The van der Waals surface area contributed by atoms with Gasteiger partial charge in [-0.1, -0.05) is 36.4 Å². The van der Waals surface area contributed by atoms with E-state index in [0.29, 0.717) is 17.7 Å². The van der Waals surface area contributed by atoms with E-state index in [1.54, 1.807) is 24.3 Å². The van der Waals surface area contributed by atoms with Crippen LogP contribution in [-0.4, -0.2) is 18.7 Å². The molecule has 0 aromatic heterocycles. The molecule has 0 heterocycles. The molecule has 3 N–H and O–H groups in total. The number of hydrogen-bond acceptors (Lipinski definition) is 3. The smallest absolute Gasteiger partial charge is 0.422 e. The Balaban J connectivity index is 0.00000338. The van der Waals surface area contributed by atoms with E-state index in [1.807, 2.05) is 18.2 Å². The van der Waals surface area contributed by atoms with Gasteiger partial charge in [0.2, 0.25) is 5.91 Å². The van der Waals surface area contributed by atoms with Gasteiger partial charge in [-0.05, 0) is 24.1 Å². The third-order valence-corrected chi connectivity index (χ3v) is 3.52. The predicted molar refractivity (Wildman–Crippen MR) is 96.3 cm³/mol. The van der Waals surface area contributed by atoms with Gasteiger partial charge in [-0.25, -0.2) is 0 Å². The van der Waals surface area contributed by atoms with Gasteiger partial charge in [-0.2, -0.15) is 13.2 Å². The Morgan fingerprint density at radius 1 is 1.04 bits per heavy atom. The molecule has 2 aromatic rings. The van der Waals surface area contributed by atoms with Gasteiger partial charge >= 0.3 is 6.18 Å². The van der Waals surface area contributed by atoms with Crippen LogP contribution in [-0.2, 0) is 17.8 Å².